The predicted octanol–water partition coefficient (Wildman–Crippen LogP) is 5.21. The van der Waals surface area contributed by atoms with Crippen LogP contribution in [0.15, 0.2) is 89.8 Å². The SMILES string of the molecule is CCOC(=O)CNc1c(-c2cccc(OS(=O)(=O)c3ccc4ccccc4c3)c2)nc2cccc(C)n12. The van der Waals surface area contributed by atoms with Gasteiger partial charge in [0, 0.05) is 11.3 Å². The number of pyridine rings is 1. The van der Waals surface area contributed by atoms with E-state index in [1.165, 1.54) is 6.07 Å². The van der Waals surface area contributed by atoms with Gasteiger partial charge in [-0.25, -0.2) is 4.98 Å². The van der Waals surface area contributed by atoms with Crippen LogP contribution in [0.1, 0.15) is 12.6 Å². The summed E-state index contributed by atoms with van der Waals surface area (Å²) in [6, 6.07) is 24.8. The molecular weight excluding hydrogens is 490 g/mol. The molecular formula is C28H25N3O5S. The molecule has 0 aliphatic heterocycles. The first-order valence-corrected chi connectivity index (χ1v) is 13.2. The molecule has 3 aromatic carbocycles. The second-order valence-electron chi connectivity index (χ2n) is 8.40. The summed E-state index contributed by atoms with van der Waals surface area (Å²) in [4.78, 5) is 16.8. The molecule has 5 aromatic rings. The molecule has 0 unspecified atom stereocenters. The summed E-state index contributed by atoms with van der Waals surface area (Å²) in [5.41, 5.74) is 2.76. The number of benzene rings is 3. The Kier molecular flexibility index (Phi) is 6.54. The summed E-state index contributed by atoms with van der Waals surface area (Å²) in [6.07, 6.45) is 0. The molecule has 9 heteroatoms. The monoisotopic (exact) mass is 515 g/mol. The molecule has 1 N–H and O–H groups in total. The van der Waals surface area contributed by atoms with Crippen LogP contribution in [0.3, 0.4) is 0 Å². The lowest BCUT2D eigenvalue weighted by molar-refractivity contribution is -0.140. The number of aromatic nitrogens is 2. The average Bonchev–Trinajstić information content (AvgIpc) is 3.27. The molecule has 5 rings (SSSR count). The molecule has 0 radical (unpaired) electrons. The molecule has 188 valence electrons. The van der Waals surface area contributed by atoms with Crippen molar-refractivity contribution in [1.82, 2.24) is 9.38 Å². The third kappa shape index (κ3) is 4.99. The average molecular weight is 516 g/mol. The Morgan fingerprint density at radius 3 is 2.54 bits per heavy atom. The van der Waals surface area contributed by atoms with Crippen molar-refractivity contribution in [3.05, 3.63) is 90.6 Å². The summed E-state index contributed by atoms with van der Waals surface area (Å²) in [6.45, 7) is 3.92. The second-order valence-corrected chi connectivity index (χ2v) is 9.95. The van der Waals surface area contributed by atoms with Gasteiger partial charge in [-0.15, -0.1) is 0 Å². The number of nitrogens with one attached hydrogen (secondary N) is 1. The first kappa shape index (κ1) is 24.3. The van der Waals surface area contributed by atoms with Crippen LogP contribution in [0.25, 0.3) is 27.7 Å². The van der Waals surface area contributed by atoms with Crippen LogP contribution in [-0.2, 0) is 19.6 Å². The fourth-order valence-electron chi connectivity index (χ4n) is 4.18. The third-order valence-corrected chi connectivity index (χ3v) is 7.11. The Labute approximate surface area is 214 Å². The molecule has 0 amide bonds. The zero-order valence-corrected chi connectivity index (χ0v) is 21.2. The van der Waals surface area contributed by atoms with E-state index >= 15 is 0 Å². The zero-order valence-electron chi connectivity index (χ0n) is 20.3. The number of carbonyl (C=O) groups is 1. The number of aryl methyl sites for hydroxylation is 1. The Hall–Kier alpha value is -4.37. The molecule has 0 fully saturated rings. The maximum Gasteiger partial charge on any atom is 0.339 e. The maximum absolute atomic E-state index is 13.1. The first-order valence-electron chi connectivity index (χ1n) is 11.8. The number of fused-ring (bicyclic) bond motifs is 2. The van der Waals surface area contributed by atoms with Crippen molar-refractivity contribution in [1.29, 1.82) is 0 Å². The molecule has 0 saturated heterocycles. The molecule has 8 nitrogen and oxygen atoms in total. The molecule has 0 aliphatic carbocycles. The third-order valence-electron chi connectivity index (χ3n) is 5.87. The predicted molar refractivity (Wildman–Crippen MR) is 142 cm³/mol. The van der Waals surface area contributed by atoms with E-state index in [0.717, 1.165) is 16.5 Å². The van der Waals surface area contributed by atoms with E-state index < -0.39 is 16.1 Å². The largest absolute Gasteiger partial charge is 0.465 e. The van der Waals surface area contributed by atoms with Crippen molar-refractivity contribution < 1.29 is 22.1 Å². The smallest absolute Gasteiger partial charge is 0.339 e. The van der Waals surface area contributed by atoms with Gasteiger partial charge in [-0.2, -0.15) is 8.42 Å². The lowest BCUT2D eigenvalue weighted by Crippen LogP contribution is -2.18. The van der Waals surface area contributed by atoms with Crippen LogP contribution in [0.5, 0.6) is 5.75 Å². The minimum atomic E-state index is -4.08. The minimum Gasteiger partial charge on any atom is -0.465 e. The van der Waals surface area contributed by atoms with Gasteiger partial charge in [-0.05, 0) is 61.0 Å². The zero-order chi connectivity index (χ0) is 26.0. The molecule has 0 saturated carbocycles. The van der Waals surface area contributed by atoms with E-state index in [-0.39, 0.29) is 23.8 Å². The van der Waals surface area contributed by atoms with Crippen LogP contribution in [0.2, 0.25) is 0 Å². The van der Waals surface area contributed by atoms with Crippen molar-refractivity contribution in [2.45, 2.75) is 18.7 Å². The molecule has 0 atom stereocenters. The van der Waals surface area contributed by atoms with Crippen molar-refractivity contribution >= 4 is 38.3 Å². The highest BCUT2D eigenvalue weighted by atomic mass is 32.2. The highest BCUT2D eigenvalue weighted by Crippen LogP contribution is 2.33. The van der Waals surface area contributed by atoms with Crippen LogP contribution < -0.4 is 9.50 Å². The highest BCUT2D eigenvalue weighted by Gasteiger charge is 2.20. The van der Waals surface area contributed by atoms with Gasteiger partial charge < -0.3 is 14.2 Å². The Bertz CT molecular complexity index is 1730. The molecule has 37 heavy (non-hydrogen) atoms. The number of esters is 1. The summed E-state index contributed by atoms with van der Waals surface area (Å²) >= 11 is 0. The van der Waals surface area contributed by atoms with Gasteiger partial charge in [-0.3, -0.25) is 9.20 Å². The van der Waals surface area contributed by atoms with Gasteiger partial charge in [-0.1, -0.05) is 48.5 Å². The summed E-state index contributed by atoms with van der Waals surface area (Å²) in [5, 5.41) is 4.88. The van der Waals surface area contributed by atoms with Gasteiger partial charge in [0.15, 0.2) is 0 Å². The van der Waals surface area contributed by atoms with E-state index in [9.17, 15) is 13.2 Å². The number of nitrogens with zero attached hydrogens (tertiary/aromatic N) is 2. The lowest BCUT2D eigenvalue weighted by atomic mass is 10.1. The van der Waals surface area contributed by atoms with E-state index in [0.29, 0.717) is 22.7 Å². The summed E-state index contributed by atoms with van der Waals surface area (Å²) in [7, 11) is -4.08. The summed E-state index contributed by atoms with van der Waals surface area (Å²) < 4.78 is 38.6. The fourth-order valence-corrected chi connectivity index (χ4v) is 5.14. The van der Waals surface area contributed by atoms with Gasteiger partial charge in [0.05, 0.1) is 6.61 Å². The van der Waals surface area contributed by atoms with Gasteiger partial charge in [0.1, 0.15) is 34.3 Å². The number of imidazole rings is 1. The molecule has 0 spiro atoms. The topological polar surface area (TPSA) is 99.0 Å². The van der Waals surface area contributed by atoms with E-state index in [4.69, 9.17) is 13.9 Å². The molecule has 2 heterocycles. The van der Waals surface area contributed by atoms with Crippen molar-refractivity contribution in [3.8, 4) is 17.0 Å². The second kappa shape index (κ2) is 9.94. The molecule has 0 bridgehead atoms. The van der Waals surface area contributed by atoms with Crippen molar-refractivity contribution in [2.75, 3.05) is 18.5 Å². The number of rotatable bonds is 8. The number of ether oxygens (including phenoxy) is 1. The first-order chi connectivity index (χ1) is 17.9. The van der Waals surface area contributed by atoms with Crippen LogP contribution in [-0.4, -0.2) is 36.9 Å². The van der Waals surface area contributed by atoms with Crippen LogP contribution in [0.4, 0.5) is 5.82 Å². The normalized spacial score (nSPS) is 11.5. The van der Waals surface area contributed by atoms with E-state index in [1.54, 1.807) is 37.3 Å². The maximum atomic E-state index is 13.1. The Morgan fingerprint density at radius 1 is 0.946 bits per heavy atom. The Balaban J connectivity index is 1.50. The van der Waals surface area contributed by atoms with Gasteiger partial charge in [0.2, 0.25) is 0 Å². The highest BCUT2D eigenvalue weighted by molar-refractivity contribution is 7.87. The van der Waals surface area contributed by atoms with Crippen LogP contribution in [0, 0.1) is 6.92 Å². The van der Waals surface area contributed by atoms with E-state index in [1.807, 2.05) is 59.9 Å². The number of hydrogen-bond acceptors (Lipinski definition) is 7. The fraction of sp³-hybridized carbons (Fsp3) is 0.143. The quantitative estimate of drug-likeness (QED) is 0.224. The summed E-state index contributed by atoms with van der Waals surface area (Å²) in [5.74, 6) is 0.349. The Morgan fingerprint density at radius 2 is 1.73 bits per heavy atom. The van der Waals surface area contributed by atoms with Crippen LogP contribution >= 0.6 is 0 Å². The van der Waals surface area contributed by atoms with Gasteiger partial charge in [0.25, 0.3) is 0 Å². The number of carbonyl (C=O) groups excluding carboxylic acids is 1. The van der Waals surface area contributed by atoms with Crippen molar-refractivity contribution in [3.63, 3.8) is 0 Å². The number of hydrogen-bond donors (Lipinski definition) is 1. The van der Waals surface area contributed by atoms with E-state index in [2.05, 4.69) is 5.32 Å². The molecule has 0 aliphatic rings. The standard InChI is InChI=1S/C28H25N3O5S/c1-3-35-26(32)18-29-28-27(30-25-13-6-8-19(2)31(25)28)22-11-7-12-23(16-22)36-37(33,34)24-15-14-20-9-4-5-10-21(20)17-24/h4-17,29H,3,18H2,1-2H3. The van der Waals surface area contributed by atoms with Gasteiger partial charge >= 0.3 is 16.1 Å². The minimum absolute atomic E-state index is 0.0461. The lowest BCUT2D eigenvalue weighted by Gasteiger charge is -2.11. The van der Waals surface area contributed by atoms with Crippen molar-refractivity contribution in [2.24, 2.45) is 0 Å². The number of anilines is 1. The molecule has 2 aromatic heterocycles.